The van der Waals surface area contributed by atoms with Crippen LogP contribution < -0.4 is 5.32 Å². The molecule has 0 aromatic rings. The number of hydrogen-bond acceptors (Lipinski definition) is 1. The van der Waals surface area contributed by atoms with Gasteiger partial charge < -0.3 is 5.32 Å². The standard InChI is InChI=1S/C16H31N/c1-17-16(13-14-9-7-8-10-14)15-11-5-3-2-4-6-12-15/h14-17H,2-13H2,1H3. The molecule has 0 amide bonds. The van der Waals surface area contributed by atoms with Crippen LogP contribution in [0.3, 0.4) is 0 Å². The molecular formula is C16H31N. The average Bonchev–Trinajstić information content (AvgIpc) is 2.79. The van der Waals surface area contributed by atoms with Gasteiger partial charge in [-0.05, 0) is 38.1 Å². The van der Waals surface area contributed by atoms with Crippen molar-refractivity contribution in [3.8, 4) is 0 Å². The lowest BCUT2D eigenvalue weighted by Gasteiger charge is -2.30. The molecule has 0 aromatic carbocycles. The van der Waals surface area contributed by atoms with Crippen LogP contribution >= 0.6 is 0 Å². The predicted molar refractivity (Wildman–Crippen MR) is 75.2 cm³/mol. The van der Waals surface area contributed by atoms with E-state index in [0.717, 1.165) is 17.9 Å². The highest BCUT2D eigenvalue weighted by Crippen LogP contribution is 2.33. The fraction of sp³-hybridized carbons (Fsp3) is 1.00. The molecule has 0 radical (unpaired) electrons. The van der Waals surface area contributed by atoms with Gasteiger partial charge in [0.2, 0.25) is 0 Å². The molecule has 1 N–H and O–H groups in total. The maximum atomic E-state index is 3.65. The highest BCUT2D eigenvalue weighted by Gasteiger charge is 2.25. The summed E-state index contributed by atoms with van der Waals surface area (Å²) in [5.41, 5.74) is 0. The topological polar surface area (TPSA) is 12.0 Å². The van der Waals surface area contributed by atoms with Crippen LogP contribution in [-0.2, 0) is 0 Å². The van der Waals surface area contributed by atoms with E-state index in [9.17, 15) is 0 Å². The Morgan fingerprint density at radius 2 is 1.35 bits per heavy atom. The van der Waals surface area contributed by atoms with E-state index in [1.54, 1.807) is 0 Å². The fourth-order valence-corrected chi connectivity index (χ4v) is 4.04. The van der Waals surface area contributed by atoms with E-state index in [1.807, 2.05) is 0 Å². The molecule has 17 heavy (non-hydrogen) atoms. The lowest BCUT2D eigenvalue weighted by atomic mass is 9.82. The Balaban J connectivity index is 1.81. The molecule has 1 atom stereocenters. The zero-order valence-corrected chi connectivity index (χ0v) is 11.7. The second kappa shape index (κ2) is 7.41. The maximum absolute atomic E-state index is 3.65. The monoisotopic (exact) mass is 237 g/mol. The van der Waals surface area contributed by atoms with Gasteiger partial charge in [0.15, 0.2) is 0 Å². The minimum atomic E-state index is 0.816. The molecule has 0 aromatic heterocycles. The molecule has 2 fully saturated rings. The Labute approximate surface area is 108 Å². The molecule has 1 heteroatoms. The summed E-state index contributed by atoms with van der Waals surface area (Å²) in [6.07, 6.45) is 17.8. The van der Waals surface area contributed by atoms with E-state index >= 15 is 0 Å². The van der Waals surface area contributed by atoms with Gasteiger partial charge in [0.1, 0.15) is 0 Å². The van der Waals surface area contributed by atoms with Gasteiger partial charge in [0.05, 0.1) is 0 Å². The molecule has 1 nitrogen and oxygen atoms in total. The lowest BCUT2D eigenvalue weighted by molar-refractivity contribution is 0.256. The van der Waals surface area contributed by atoms with E-state index in [2.05, 4.69) is 12.4 Å². The first kappa shape index (κ1) is 13.4. The van der Waals surface area contributed by atoms with Crippen LogP contribution in [0.15, 0.2) is 0 Å². The summed E-state index contributed by atoms with van der Waals surface area (Å²) in [5.74, 6) is 2.01. The van der Waals surface area contributed by atoms with Gasteiger partial charge in [0, 0.05) is 6.04 Å². The molecule has 0 spiro atoms. The van der Waals surface area contributed by atoms with Gasteiger partial charge in [-0.1, -0.05) is 57.8 Å². The van der Waals surface area contributed by atoms with Crippen molar-refractivity contribution < 1.29 is 0 Å². The highest BCUT2D eigenvalue weighted by atomic mass is 14.9. The van der Waals surface area contributed by atoms with Crippen molar-refractivity contribution in [3.63, 3.8) is 0 Å². The summed E-state index contributed by atoms with van der Waals surface area (Å²) in [6.45, 7) is 0. The third-order valence-electron chi connectivity index (χ3n) is 5.15. The van der Waals surface area contributed by atoms with Crippen LogP contribution in [0, 0.1) is 11.8 Å². The predicted octanol–water partition coefficient (Wildman–Crippen LogP) is 4.52. The fourth-order valence-electron chi connectivity index (χ4n) is 4.04. The van der Waals surface area contributed by atoms with Gasteiger partial charge >= 0.3 is 0 Å². The number of hydrogen-bond donors (Lipinski definition) is 1. The van der Waals surface area contributed by atoms with Crippen LogP contribution in [0.1, 0.15) is 77.0 Å². The summed E-state index contributed by atoms with van der Waals surface area (Å²) >= 11 is 0. The van der Waals surface area contributed by atoms with Crippen LogP contribution in [-0.4, -0.2) is 13.1 Å². The van der Waals surface area contributed by atoms with Gasteiger partial charge in [-0.25, -0.2) is 0 Å². The number of nitrogens with one attached hydrogen (secondary N) is 1. The molecule has 0 saturated heterocycles. The summed E-state index contributed by atoms with van der Waals surface area (Å²) in [5, 5.41) is 3.65. The van der Waals surface area contributed by atoms with Crippen LogP contribution in [0.25, 0.3) is 0 Å². The normalized spacial score (nSPS) is 26.6. The molecule has 1 unspecified atom stereocenters. The van der Waals surface area contributed by atoms with Gasteiger partial charge in [-0.2, -0.15) is 0 Å². The Morgan fingerprint density at radius 3 is 1.94 bits per heavy atom. The van der Waals surface area contributed by atoms with Crippen molar-refractivity contribution in [2.24, 2.45) is 11.8 Å². The van der Waals surface area contributed by atoms with E-state index in [0.29, 0.717) is 0 Å². The van der Waals surface area contributed by atoms with Crippen molar-refractivity contribution >= 4 is 0 Å². The Morgan fingerprint density at radius 1 is 0.824 bits per heavy atom. The van der Waals surface area contributed by atoms with E-state index in [4.69, 9.17) is 0 Å². The highest BCUT2D eigenvalue weighted by molar-refractivity contribution is 4.81. The minimum Gasteiger partial charge on any atom is -0.317 e. The number of rotatable bonds is 4. The van der Waals surface area contributed by atoms with Crippen LogP contribution in [0.2, 0.25) is 0 Å². The van der Waals surface area contributed by atoms with E-state index in [-0.39, 0.29) is 0 Å². The lowest BCUT2D eigenvalue weighted by Crippen LogP contribution is -2.35. The molecule has 0 heterocycles. The van der Waals surface area contributed by atoms with Crippen molar-refractivity contribution in [1.82, 2.24) is 5.32 Å². The Kier molecular flexibility index (Phi) is 5.84. The molecule has 2 rings (SSSR count). The molecular weight excluding hydrogens is 206 g/mol. The summed E-state index contributed by atoms with van der Waals surface area (Å²) in [7, 11) is 2.19. The van der Waals surface area contributed by atoms with Crippen molar-refractivity contribution in [2.45, 2.75) is 83.1 Å². The zero-order chi connectivity index (χ0) is 11.9. The molecule has 0 bridgehead atoms. The minimum absolute atomic E-state index is 0.816. The van der Waals surface area contributed by atoms with E-state index in [1.165, 1.54) is 77.0 Å². The Hall–Kier alpha value is -0.0400. The van der Waals surface area contributed by atoms with Crippen molar-refractivity contribution in [3.05, 3.63) is 0 Å². The Bertz CT molecular complexity index is 188. The van der Waals surface area contributed by atoms with Gasteiger partial charge in [-0.3, -0.25) is 0 Å². The van der Waals surface area contributed by atoms with Crippen molar-refractivity contribution in [1.29, 1.82) is 0 Å². The largest absolute Gasteiger partial charge is 0.317 e. The maximum Gasteiger partial charge on any atom is 0.00949 e. The van der Waals surface area contributed by atoms with Crippen molar-refractivity contribution in [2.75, 3.05) is 7.05 Å². The molecule has 0 aliphatic heterocycles. The summed E-state index contributed by atoms with van der Waals surface area (Å²) in [4.78, 5) is 0. The molecule has 2 aliphatic rings. The van der Waals surface area contributed by atoms with E-state index < -0.39 is 0 Å². The van der Waals surface area contributed by atoms with Gasteiger partial charge in [-0.15, -0.1) is 0 Å². The second-order valence-corrected chi connectivity index (χ2v) is 6.39. The molecule has 2 aliphatic carbocycles. The quantitative estimate of drug-likeness (QED) is 0.758. The third-order valence-corrected chi connectivity index (χ3v) is 5.15. The first-order chi connectivity index (χ1) is 8.40. The van der Waals surface area contributed by atoms with Gasteiger partial charge in [0.25, 0.3) is 0 Å². The zero-order valence-electron chi connectivity index (χ0n) is 11.7. The molecule has 2 saturated carbocycles. The van der Waals surface area contributed by atoms with Crippen LogP contribution in [0.5, 0.6) is 0 Å². The summed E-state index contributed by atoms with van der Waals surface area (Å²) in [6, 6.07) is 0.816. The smallest absolute Gasteiger partial charge is 0.00949 e. The third kappa shape index (κ3) is 4.28. The van der Waals surface area contributed by atoms with Crippen LogP contribution in [0.4, 0.5) is 0 Å². The first-order valence-corrected chi connectivity index (χ1v) is 8.07. The average molecular weight is 237 g/mol. The SMILES string of the molecule is CNC(CC1CCCC1)C1CCCCCCC1. The summed E-state index contributed by atoms with van der Waals surface area (Å²) < 4.78 is 0. The second-order valence-electron chi connectivity index (χ2n) is 6.39. The first-order valence-electron chi connectivity index (χ1n) is 8.07. The molecule has 100 valence electrons.